The number of aryl methyl sites for hydroxylation is 3. The number of fused-ring (bicyclic) bond motifs is 3. The lowest BCUT2D eigenvalue weighted by molar-refractivity contribution is 0.0511. The summed E-state index contributed by atoms with van der Waals surface area (Å²) in [7, 11) is 2.02. The van der Waals surface area contributed by atoms with Crippen LogP contribution in [0.4, 0.5) is 0 Å². The van der Waals surface area contributed by atoms with Gasteiger partial charge in [-0.25, -0.2) is 19.7 Å². The summed E-state index contributed by atoms with van der Waals surface area (Å²) in [6, 6.07) is 10.2. The Hall–Kier alpha value is -4.72. The van der Waals surface area contributed by atoms with E-state index in [1.807, 2.05) is 31.0 Å². The van der Waals surface area contributed by atoms with Crippen LogP contribution >= 0.6 is 0 Å². The highest BCUT2D eigenvalue weighted by Gasteiger charge is 2.29. The van der Waals surface area contributed by atoms with Gasteiger partial charge in [-0.05, 0) is 68.5 Å². The summed E-state index contributed by atoms with van der Waals surface area (Å²) in [5.74, 6) is -0.225. The van der Waals surface area contributed by atoms with Crippen molar-refractivity contribution in [2.24, 2.45) is 12.8 Å². The maximum Gasteiger partial charge on any atom is 0.356 e. The van der Waals surface area contributed by atoms with Gasteiger partial charge in [-0.15, -0.1) is 0 Å². The van der Waals surface area contributed by atoms with Crippen molar-refractivity contribution in [2.75, 3.05) is 32.8 Å². The minimum atomic E-state index is -1.06. The summed E-state index contributed by atoms with van der Waals surface area (Å²) < 4.78 is 9.92. The lowest BCUT2D eigenvalue weighted by Gasteiger charge is -2.33. The first-order valence-electron chi connectivity index (χ1n) is 16.7. The zero-order chi connectivity index (χ0) is 33.4. The van der Waals surface area contributed by atoms with Gasteiger partial charge in [-0.3, -0.25) is 9.78 Å². The number of carbonyl (C=O) groups is 2. The molecule has 0 spiro atoms. The van der Waals surface area contributed by atoms with Gasteiger partial charge in [0.25, 0.3) is 5.91 Å². The van der Waals surface area contributed by atoms with Gasteiger partial charge in [0.15, 0.2) is 11.5 Å². The van der Waals surface area contributed by atoms with Gasteiger partial charge in [0.05, 0.1) is 41.3 Å². The summed E-state index contributed by atoms with van der Waals surface area (Å²) >= 11 is 0. The zero-order valence-electron chi connectivity index (χ0n) is 27.4. The predicted molar refractivity (Wildman–Crippen MR) is 181 cm³/mol. The maximum absolute atomic E-state index is 13.6. The SMILES string of the molecule is C[C@@H](N)c1ccc2cc(-c3nc4cc5c(cc4n3C)CCN(C[C@H]3COCCN3)C5=O)n(CCCCCc3nccnc3C(=O)O)c2n1. The summed E-state index contributed by atoms with van der Waals surface area (Å²) in [6.07, 6.45) is 6.75. The lowest BCUT2D eigenvalue weighted by atomic mass is 9.97. The normalized spacial score (nSPS) is 17.3. The number of nitrogens with one attached hydrogen (secondary N) is 1. The van der Waals surface area contributed by atoms with Crippen LogP contribution in [0.25, 0.3) is 33.6 Å². The van der Waals surface area contributed by atoms with E-state index < -0.39 is 5.97 Å². The van der Waals surface area contributed by atoms with Crippen LogP contribution in [0.2, 0.25) is 0 Å². The van der Waals surface area contributed by atoms with Gasteiger partial charge in [-0.2, -0.15) is 0 Å². The molecule has 4 N–H and O–H groups in total. The molecule has 0 aliphatic carbocycles. The average molecular weight is 652 g/mol. The molecule has 0 saturated carbocycles. The second-order valence-electron chi connectivity index (χ2n) is 12.8. The standard InChI is InChI=1S/C35H41N9O4/c1-21(36)26-8-7-23-17-30(44(32(23)40-26)13-5-3-4-6-27-31(35(46)47)39-11-10-38-27)33-41-28-18-25-22(16-29(28)42(33)2)9-14-43(34(25)45)19-24-20-48-15-12-37-24/h7-8,10-11,16-18,21,24,37H,3-6,9,12-15,19-20,36H2,1-2H3,(H,46,47)/t21-,24+/m1/s1. The van der Waals surface area contributed by atoms with Crippen molar-refractivity contribution in [3.05, 3.63) is 70.9 Å². The molecule has 0 radical (unpaired) electrons. The topological polar surface area (TPSA) is 166 Å². The molecule has 13 heteroatoms. The van der Waals surface area contributed by atoms with Crippen molar-refractivity contribution in [3.8, 4) is 11.5 Å². The van der Waals surface area contributed by atoms with E-state index in [0.717, 1.165) is 77.1 Å². The fraction of sp³-hybridized carbons (Fsp3) is 0.429. The van der Waals surface area contributed by atoms with Crippen molar-refractivity contribution in [1.82, 2.24) is 39.3 Å². The molecule has 7 rings (SSSR count). The molecule has 2 aliphatic heterocycles. The number of amides is 1. The molecular weight excluding hydrogens is 610 g/mol. The predicted octanol–water partition coefficient (Wildman–Crippen LogP) is 3.50. The third-order valence-corrected chi connectivity index (χ3v) is 9.45. The Bertz CT molecular complexity index is 1990. The van der Waals surface area contributed by atoms with Crippen LogP contribution in [0.1, 0.15) is 70.0 Å². The number of rotatable bonds is 11. The van der Waals surface area contributed by atoms with E-state index in [1.54, 1.807) is 0 Å². The Morgan fingerprint density at radius 2 is 2.00 bits per heavy atom. The van der Waals surface area contributed by atoms with Crippen LogP contribution in [-0.4, -0.2) is 89.8 Å². The average Bonchev–Trinajstić information content (AvgIpc) is 3.61. The molecule has 48 heavy (non-hydrogen) atoms. The molecule has 0 bridgehead atoms. The van der Waals surface area contributed by atoms with Crippen molar-refractivity contribution >= 4 is 33.9 Å². The molecular formula is C35H41N9O4. The zero-order valence-corrected chi connectivity index (χ0v) is 27.4. The van der Waals surface area contributed by atoms with E-state index in [2.05, 4.69) is 42.6 Å². The second-order valence-corrected chi connectivity index (χ2v) is 12.8. The molecule has 1 amide bonds. The quantitative estimate of drug-likeness (QED) is 0.180. The lowest BCUT2D eigenvalue weighted by Crippen LogP contribution is -2.51. The Balaban J connectivity index is 1.17. The number of hydrogen-bond donors (Lipinski definition) is 3. The smallest absolute Gasteiger partial charge is 0.356 e. The molecule has 0 unspecified atom stereocenters. The van der Waals surface area contributed by atoms with Crippen molar-refractivity contribution in [2.45, 2.75) is 57.7 Å². The maximum atomic E-state index is 13.6. The number of aromatic nitrogens is 6. The number of morpholine rings is 1. The molecule has 250 valence electrons. The number of nitrogens with zero attached hydrogens (tertiary/aromatic N) is 7. The monoisotopic (exact) mass is 651 g/mol. The highest BCUT2D eigenvalue weighted by molar-refractivity contribution is 6.00. The largest absolute Gasteiger partial charge is 0.476 e. The van der Waals surface area contributed by atoms with Crippen LogP contribution in [-0.2, 0) is 31.2 Å². The van der Waals surface area contributed by atoms with Gasteiger partial charge < -0.3 is 34.9 Å². The number of ether oxygens (including phenoxy) is 1. The van der Waals surface area contributed by atoms with Crippen LogP contribution in [0.5, 0.6) is 0 Å². The Labute approximate surface area is 278 Å². The minimum Gasteiger partial charge on any atom is -0.476 e. The van der Waals surface area contributed by atoms with E-state index in [-0.39, 0.29) is 23.7 Å². The van der Waals surface area contributed by atoms with Crippen molar-refractivity contribution in [1.29, 1.82) is 0 Å². The molecule has 2 atom stereocenters. The molecule has 6 heterocycles. The Morgan fingerprint density at radius 1 is 1.15 bits per heavy atom. The number of nitrogens with two attached hydrogens (primary N) is 1. The molecule has 13 nitrogen and oxygen atoms in total. The van der Waals surface area contributed by atoms with Gasteiger partial charge >= 0.3 is 5.97 Å². The van der Waals surface area contributed by atoms with E-state index in [0.29, 0.717) is 50.5 Å². The number of carboxylic acid groups (broad SMARTS) is 1. The van der Waals surface area contributed by atoms with Crippen LogP contribution in [0, 0.1) is 0 Å². The first-order valence-corrected chi connectivity index (χ1v) is 16.7. The summed E-state index contributed by atoms with van der Waals surface area (Å²) in [6.45, 7) is 6.03. The first kappa shape index (κ1) is 31.9. The number of imidazole rings is 1. The van der Waals surface area contributed by atoms with E-state index >= 15 is 0 Å². The van der Waals surface area contributed by atoms with Gasteiger partial charge in [-0.1, -0.05) is 6.42 Å². The Morgan fingerprint density at radius 3 is 2.79 bits per heavy atom. The third kappa shape index (κ3) is 6.16. The second kappa shape index (κ2) is 13.4. The number of carboxylic acids is 1. The highest BCUT2D eigenvalue weighted by Crippen LogP contribution is 2.33. The summed E-state index contributed by atoms with van der Waals surface area (Å²) in [5, 5.41) is 13.9. The highest BCUT2D eigenvalue weighted by atomic mass is 16.5. The Kier molecular flexibility index (Phi) is 8.90. The van der Waals surface area contributed by atoms with Gasteiger partial charge in [0, 0.05) is 68.7 Å². The van der Waals surface area contributed by atoms with Crippen molar-refractivity contribution < 1.29 is 19.4 Å². The van der Waals surface area contributed by atoms with Crippen LogP contribution in [0.15, 0.2) is 42.7 Å². The van der Waals surface area contributed by atoms with Gasteiger partial charge in [0.1, 0.15) is 5.65 Å². The molecule has 1 aromatic carbocycles. The summed E-state index contributed by atoms with van der Waals surface area (Å²) in [5.41, 5.74) is 12.9. The van der Waals surface area contributed by atoms with E-state index in [9.17, 15) is 14.7 Å². The van der Waals surface area contributed by atoms with Crippen molar-refractivity contribution in [3.63, 3.8) is 0 Å². The number of benzene rings is 1. The van der Waals surface area contributed by atoms with Crippen LogP contribution < -0.4 is 11.1 Å². The van der Waals surface area contributed by atoms with Crippen LogP contribution in [0.3, 0.4) is 0 Å². The fourth-order valence-corrected chi connectivity index (χ4v) is 6.90. The number of pyridine rings is 1. The van der Waals surface area contributed by atoms with E-state index in [1.165, 1.54) is 12.4 Å². The van der Waals surface area contributed by atoms with E-state index in [4.69, 9.17) is 20.4 Å². The van der Waals surface area contributed by atoms with Gasteiger partial charge in [0.2, 0.25) is 0 Å². The molecule has 1 fully saturated rings. The third-order valence-electron chi connectivity index (χ3n) is 9.45. The number of carbonyl (C=O) groups excluding carboxylic acids is 1. The molecule has 4 aromatic heterocycles. The summed E-state index contributed by atoms with van der Waals surface area (Å²) in [4.78, 5) is 45.4. The minimum absolute atomic E-state index is 0.0117. The molecule has 1 saturated heterocycles. The first-order chi connectivity index (χ1) is 23.3. The molecule has 5 aromatic rings. The number of aromatic carboxylic acids is 1. The number of hydrogen-bond acceptors (Lipinski definition) is 9. The fourth-order valence-electron chi connectivity index (χ4n) is 6.90. The number of unbranched alkanes of at least 4 members (excludes halogenated alkanes) is 2. The molecule has 2 aliphatic rings.